The Bertz CT molecular complexity index is 1890. The molecule has 352 valence electrons. The average molecular weight is 1020 g/mol. The van der Waals surface area contributed by atoms with Crippen molar-refractivity contribution in [3.05, 3.63) is 33.4 Å². The van der Waals surface area contributed by atoms with E-state index >= 15 is 0 Å². The van der Waals surface area contributed by atoms with Crippen molar-refractivity contribution in [1.29, 1.82) is 0 Å². The first kappa shape index (κ1) is 52.6. The van der Waals surface area contributed by atoms with Crippen LogP contribution in [0.15, 0.2) is 24.3 Å². The van der Waals surface area contributed by atoms with Gasteiger partial charge < -0.3 is 57.0 Å². The molecular formula is C40H53IN6O17. The van der Waals surface area contributed by atoms with Crippen molar-refractivity contribution in [3.63, 3.8) is 0 Å². The highest BCUT2D eigenvalue weighted by Crippen LogP contribution is 2.31. The molecule has 24 heteroatoms. The molecule has 0 radical (unpaired) electrons. The largest absolute Gasteiger partial charge is 0.481 e. The van der Waals surface area contributed by atoms with Crippen LogP contribution in [0.1, 0.15) is 107 Å². The van der Waals surface area contributed by atoms with Crippen LogP contribution in [0.5, 0.6) is 0 Å². The molecule has 1 aliphatic carbocycles. The number of benzene rings is 1. The Balaban J connectivity index is 1.65. The maximum absolute atomic E-state index is 13.7. The minimum absolute atomic E-state index is 0.0915. The summed E-state index contributed by atoms with van der Waals surface area (Å²) in [4.78, 5) is 143. The van der Waals surface area contributed by atoms with Crippen molar-refractivity contribution in [2.24, 2.45) is 11.8 Å². The molecule has 1 aromatic carbocycles. The molecular weight excluding hydrogens is 963 g/mol. The van der Waals surface area contributed by atoms with Gasteiger partial charge in [-0.2, -0.15) is 0 Å². The van der Waals surface area contributed by atoms with Crippen LogP contribution in [0.4, 0.5) is 0 Å². The minimum atomic E-state index is -1.99. The number of aliphatic carboxylic acids is 3. The summed E-state index contributed by atoms with van der Waals surface area (Å²) in [6.45, 7) is 0.187. The van der Waals surface area contributed by atoms with Crippen LogP contribution in [0.3, 0.4) is 0 Å². The Morgan fingerprint density at radius 1 is 0.672 bits per heavy atom. The fourth-order valence-corrected chi connectivity index (χ4v) is 7.39. The van der Waals surface area contributed by atoms with Gasteiger partial charge in [0.25, 0.3) is 17.7 Å². The number of carboxylic acid groups (broad SMARTS) is 3. The number of carboxylic acids is 3. The number of halogens is 1. The summed E-state index contributed by atoms with van der Waals surface area (Å²) in [5.74, 6) is -12.1. The standard InChI is InChI=1S/C40H53IN6O17/c41-24-5-3-4-23(20-24)34(56)42-19-2-1-6-28(39(61)62)46-38(60)27(13-18-33(54)55)45-37(59)26(12-17-32(52)53)44-36(58)25(11-16-31(50)51)43-35(57)21-7-9-22(10-8-21)40(63)64-47-29(48)14-15-30(47)49/h3-5,20-22,25-28,32,52-53H,1-2,6-19H2,(H,42,56)(H,43,57)(H,44,58)(H,45,59)(H,46,60)(H,50,51)(H,54,55)(H,61,62)/t21?,22?,25-,26-,27-,28-/m1/s1. The van der Waals surface area contributed by atoms with Crippen molar-refractivity contribution >= 4 is 87.8 Å². The number of carbonyl (C=O) groups excluding carboxylic acids is 8. The van der Waals surface area contributed by atoms with E-state index in [9.17, 15) is 78.3 Å². The van der Waals surface area contributed by atoms with Gasteiger partial charge in [-0.05, 0) is 105 Å². The van der Waals surface area contributed by atoms with Crippen molar-refractivity contribution in [3.8, 4) is 0 Å². The molecule has 1 aromatic rings. The fourth-order valence-electron chi connectivity index (χ4n) is 6.84. The second-order valence-electron chi connectivity index (χ2n) is 15.3. The first-order valence-corrected chi connectivity index (χ1v) is 21.7. The summed E-state index contributed by atoms with van der Waals surface area (Å²) in [6.07, 6.45) is -4.63. The molecule has 1 saturated carbocycles. The molecule has 64 heavy (non-hydrogen) atoms. The van der Waals surface area contributed by atoms with E-state index in [4.69, 9.17) is 4.84 Å². The molecule has 7 amide bonds. The Hall–Kier alpha value is -5.76. The minimum Gasteiger partial charge on any atom is -0.481 e. The highest BCUT2D eigenvalue weighted by molar-refractivity contribution is 14.1. The Labute approximate surface area is 379 Å². The van der Waals surface area contributed by atoms with Crippen LogP contribution < -0.4 is 26.6 Å². The third-order valence-corrected chi connectivity index (χ3v) is 11.1. The van der Waals surface area contributed by atoms with E-state index < -0.39 is 140 Å². The van der Waals surface area contributed by atoms with E-state index in [1.165, 1.54) is 0 Å². The predicted octanol–water partition coefficient (Wildman–Crippen LogP) is -0.551. The molecule has 23 nitrogen and oxygen atoms in total. The lowest BCUT2D eigenvalue weighted by molar-refractivity contribution is -0.201. The summed E-state index contributed by atoms with van der Waals surface area (Å²) in [6, 6.07) is 0.422. The van der Waals surface area contributed by atoms with Crippen LogP contribution in [0, 0.1) is 15.4 Å². The first-order chi connectivity index (χ1) is 30.2. The molecule has 0 unspecified atom stereocenters. The Kier molecular flexibility index (Phi) is 21.5. The number of hydroxylamine groups is 2. The number of carbonyl (C=O) groups is 11. The van der Waals surface area contributed by atoms with Gasteiger partial charge in [0.15, 0.2) is 6.29 Å². The molecule has 0 spiro atoms. The molecule has 3 rings (SSSR count). The Morgan fingerprint density at radius 3 is 1.70 bits per heavy atom. The number of imide groups is 1. The molecule has 0 aromatic heterocycles. The van der Waals surface area contributed by atoms with Crippen molar-refractivity contribution in [2.75, 3.05) is 6.54 Å². The van der Waals surface area contributed by atoms with Gasteiger partial charge in [-0.25, -0.2) is 9.59 Å². The molecule has 1 aliphatic heterocycles. The average Bonchev–Trinajstić information content (AvgIpc) is 3.56. The third kappa shape index (κ3) is 17.8. The quantitative estimate of drug-likeness (QED) is 0.0241. The van der Waals surface area contributed by atoms with Crippen LogP contribution in [-0.2, 0) is 52.8 Å². The van der Waals surface area contributed by atoms with E-state index in [0.717, 1.165) is 3.57 Å². The highest BCUT2D eigenvalue weighted by Gasteiger charge is 2.38. The number of amides is 7. The molecule has 10 N–H and O–H groups in total. The lowest BCUT2D eigenvalue weighted by Gasteiger charge is -2.29. The summed E-state index contributed by atoms with van der Waals surface area (Å²) >= 11 is 2.06. The van der Waals surface area contributed by atoms with Gasteiger partial charge in [-0.1, -0.05) is 6.07 Å². The van der Waals surface area contributed by atoms with E-state index in [-0.39, 0.29) is 63.8 Å². The number of nitrogens with zero attached hydrogens (tertiary/aromatic N) is 1. The maximum atomic E-state index is 13.7. The molecule has 1 heterocycles. The molecule has 0 bridgehead atoms. The number of aliphatic hydroxyl groups is 2. The monoisotopic (exact) mass is 1020 g/mol. The summed E-state index contributed by atoms with van der Waals surface area (Å²) < 4.78 is 0.853. The Morgan fingerprint density at radius 2 is 1.19 bits per heavy atom. The number of hydrogen-bond acceptors (Lipinski definition) is 14. The van der Waals surface area contributed by atoms with E-state index in [1.54, 1.807) is 18.2 Å². The van der Waals surface area contributed by atoms with Gasteiger partial charge >= 0.3 is 23.9 Å². The normalized spacial score (nSPS) is 17.9. The van der Waals surface area contributed by atoms with E-state index in [0.29, 0.717) is 17.0 Å². The third-order valence-electron chi connectivity index (χ3n) is 10.4. The number of hydrogen-bond donors (Lipinski definition) is 10. The lowest BCUT2D eigenvalue weighted by atomic mass is 9.81. The van der Waals surface area contributed by atoms with Crippen molar-refractivity contribution < 1.29 is 83.1 Å². The summed E-state index contributed by atoms with van der Waals surface area (Å²) in [5, 5.41) is 60.1. The van der Waals surface area contributed by atoms with Gasteiger partial charge in [0.05, 0.1) is 5.92 Å². The topological polar surface area (TPSA) is 362 Å². The van der Waals surface area contributed by atoms with E-state index in [1.807, 2.05) is 6.07 Å². The number of unbranched alkanes of at least 4 members (excludes halogenated alkanes) is 1. The fraction of sp³-hybridized carbons (Fsp3) is 0.575. The second kappa shape index (κ2) is 26.1. The van der Waals surface area contributed by atoms with Gasteiger partial charge in [-0.3, -0.25) is 43.2 Å². The van der Waals surface area contributed by atoms with Gasteiger partial charge in [0.2, 0.25) is 23.6 Å². The predicted molar refractivity (Wildman–Crippen MR) is 225 cm³/mol. The summed E-state index contributed by atoms with van der Waals surface area (Å²) in [5.41, 5.74) is 0.434. The van der Waals surface area contributed by atoms with Crippen LogP contribution in [0.25, 0.3) is 0 Å². The molecule has 2 fully saturated rings. The van der Waals surface area contributed by atoms with Gasteiger partial charge in [0.1, 0.15) is 24.2 Å². The van der Waals surface area contributed by atoms with E-state index in [2.05, 4.69) is 49.2 Å². The van der Waals surface area contributed by atoms with Crippen LogP contribution in [0.2, 0.25) is 0 Å². The zero-order valence-electron chi connectivity index (χ0n) is 34.6. The zero-order valence-corrected chi connectivity index (χ0v) is 36.8. The molecule has 1 saturated heterocycles. The van der Waals surface area contributed by atoms with Crippen LogP contribution in [-0.4, -0.2) is 133 Å². The van der Waals surface area contributed by atoms with Crippen LogP contribution >= 0.6 is 22.6 Å². The number of aliphatic hydroxyl groups excluding tert-OH is 1. The SMILES string of the molecule is O=C(O)CC[C@@H](NC(=O)C1CCC(C(=O)ON2C(=O)CCC2=O)CC1)C(=O)N[C@H](CCC(O)O)C(=O)N[C@H](CCC(=O)O)C(=O)N[C@H](CCCCNC(=O)c1cccc(I)c1)C(=O)O. The van der Waals surface area contributed by atoms with Crippen molar-refractivity contribution in [1.82, 2.24) is 31.6 Å². The maximum Gasteiger partial charge on any atom is 0.336 e. The first-order valence-electron chi connectivity index (χ1n) is 20.6. The molecule has 2 aliphatic rings. The smallest absolute Gasteiger partial charge is 0.336 e. The lowest BCUT2D eigenvalue weighted by Crippen LogP contribution is -2.58. The van der Waals surface area contributed by atoms with Crippen molar-refractivity contribution in [2.45, 2.75) is 127 Å². The summed E-state index contributed by atoms with van der Waals surface area (Å²) in [7, 11) is 0. The molecule has 4 atom stereocenters. The van der Waals surface area contributed by atoms with Gasteiger partial charge in [-0.15, -0.1) is 5.06 Å². The number of rotatable bonds is 26. The number of nitrogens with one attached hydrogen (secondary N) is 5. The second-order valence-corrected chi connectivity index (χ2v) is 16.6. The highest BCUT2D eigenvalue weighted by atomic mass is 127. The zero-order chi connectivity index (χ0) is 47.5. The van der Waals surface area contributed by atoms with Gasteiger partial charge in [0, 0.05) is 53.7 Å².